The van der Waals surface area contributed by atoms with Crippen LogP contribution < -0.4 is 10.6 Å². The minimum atomic E-state index is -0.586. The van der Waals surface area contributed by atoms with Gasteiger partial charge in [0.1, 0.15) is 5.54 Å². The summed E-state index contributed by atoms with van der Waals surface area (Å²) in [5, 5.41) is 6.60. The van der Waals surface area contributed by atoms with Crippen LogP contribution in [0.15, 0.2) is 18.2 Å². The standard InChI is InChI=1S/C10H11ClN2O/c1-10(2)9(14)12-7-4-3-6(11)5-8(7)13-10/h3-5,13H,1-2H3,(H,12,14). The lowest BCUT2D eigenvalue weighted by Gasteiger charge is -2.32. The van der Waals surface area contributed by atoms with Gasteiger partial charge in [-0.25, -0.2) is 0 Å². The Bertz CT molecular complexity index is 401. The van der Waals surface area contributed by atoms with Gasteiger partial charge >= 0.3 is 0 Å². The summed E-state index contributed by atoms with van der Waals surface area (Å²) in [7, 11) is 0. The first-order chi connectivity index (χ1) is 6.49. The fraction of sp³-hybridized carbons (Fsp3) is 0.300. The van der Waals surface area contributed by atoms with Crippen LogP contribution in [-0.4, -0.2) is 11.4 Å². The van der Waals surface area contributed by atoms with Crippen molar-refractivity contribution in [1.29, 1.82) is 0 Å². The summed E-state index contributed by atoms with van der Waals surface area (Å²) in [6.45, 7) is 3.65. The molecule has 4 heteroatoms. The molecular formula is C10H11ClN2O. The van der Waals surface area contributed by atoms with Crippen LogP contribution >= 0.6 is 11.6 Å². The molecule has 0 radical (unpaired) electrons. The van der Waals surface area contributed by atoms with Gasteiger partial charge < -0.3 is 10.6 Å². The molecule has 1 aromatic carbocycles. The number of fused-ring (bicyclic) bond motifs is 1. The number of carbonyl (C=O) groups excluding carboxylic acids is 1. The Morgan fingerprint density at radius 3 is 2.71 bits per heavy atom. The molecule has 1 aliphatic heterocycles. The van der Waals surface area contributed by atoms with E-state index in [0.29, 0.717) is 5.02 Å². The van der Waals surface area contributed by atoms with Gasteiger partial charge in [0.05, 0.1) is 11.4 Å². The van der Waals surface area contributed by atoms with E-state index in [1.54, 1.807) is 18.2 Å². The van der Waals surface area contributed by atoms with E-state index in [1.807, 2.05) is 13.8 Å². The molecule has 0 fully saturated rings. The Balaban J connectivity index is 2.46. The van der Waals surface area contributed by atoms with Crippen LogP contribution in [0.5, 0.6) is 0 Å². The summed E-state index contributed by atoms with van der Waals surface area (Å²) in [5.41, 5.74) is 1.05. The number of amides is 1. The van der Waals surface area contributed by atoms with E-state index < -0.39 is 5.54 Å². The van der Waals surface area contributed by atoms with Crippen molar-refractivity contribution in [1.82, 2.24) is 0 Å². The zero-order valence-corrected chi connectivity index (χ0v) is 8.77. The van der Waals surface area contributed by atoms with Gasteiger partial charge in [-0.2, -0.15) is 0 Å². The molecule has 0 bridgehead atoms. The fourth-order valence-corrected chi connectivity index (χ4v) is 1.57. The van der Waals surface area contributed by atoms with E-state index in [1.165, 1.54) is 0 Å². The Kier molecular flexibility index (Phi) is 1.93. The molecular weight excluding hydrogens is 200 g/mol. The lowest BCUT2D eigenvalue weighted by atomic mass is 10.0. The maximum absolute atomic E-state index is 11.6. The maximum Gasteiger partial charge on any atom is 0.249 e. The number of nitrogens with one attached hydrogen (secondary N) is 2. The maximum atomic E-state index is 11.6. The molecule has 2 N–H and O–H groups in total. The topological polar surface area (TPSA) is 41.1 Å². The van der Waals surface area contributed by atoms with Gasteiger partial charge in [0.25, 0.3) is 0 Å². The normalized spacial score (nSPS) is 18.1. The molecule has 1 amide bonds. The summed E-state index contributed by atoms with van der Waals surface area (Å²) < 4.78 is 0. The van der Waals surface area contributed by atoms with Gasteiger partial charge in [-0.05, 0) is 32.0 Å². The van der Waals surface area contributed by atoms with Crippen molar-refractivity contribution in [3.05, 3.63) is 23.2 Å². The fourth-order valence-electron chi connectivity index (χ4n) is 1.40. The second kappa shape index (κ2) is 2.89. The van der Waals surface area contributed by atoms with Gasteiger partial charge in [0.15, 0.2) is 0 Å². The second-order valence-electron chi connectivity index (χ2n) is 3.89. The quantitative estimate of drug-likeness (QED) is 0.691. The largest absolute Gasteiger partial charge is 0.370 e. The molecule has 1 heterocycles. The summed E-state index contributed by atoms with van der Waals surface area (Å²) in [5.74, 6) is -0.0349. The van der Waals surface area contributed by atoms with E-state index >= 15 is 0 Å². The summed E-state index contributed by atoms with van der Waals surface area (Å²) in [6.07, 6.45) is 0. The van der Waals surface area contributed by atoms with E-state index in [2.05, 4.69) is 10.6 Å². The third kappa shape index (κ3) is 1.44. The van der Waals surface area contributed by atoms with Crippen molar-refractivity contribution in [2.45, 2.75) is 19.4 Å². The molecule has 2 rings (SSSR count). The number of rotatable bonds is 0. The van der Waals surface area contributed by atoms with Crippen molar-refractivity contribution in [2.75, 3.05) is 10.6 Å². The van der Waals surface area contributed by atoms with E-state index in [9.17, 15) is 4.79 Å². The van der Waals surface area contributed by atoms with Gasteiger partial charge in [0, 0.05) is 5.02 Å². The Morgan fingerprint density at radius 2 is 2.00 bits per heavy atom. The lowest BCUT2D eigenvalue weighted by Crippen LogP contribution is -2.47. The highest BCUT2D eigenvalue weighted by molar-refractivity contribution is 6.31. The highest BCUT2D eigenvalue weighted by Crippen LogP contribution is 2.32. The number of carbonyl (C=O) groups is 1. The van der Waals surface area contributed by atoms with E-state index in [-0.39, 0.29) is 5.91 Å². The van der Waals surface area contributed by atoms with Crippen LogP contribution in [0, 0.1) is 0 Å². The lowest BCUT2D eigenvalue weighted by molar-refractivity contribution is -0.119. The Hall–Kier alpha value is -1.22. The number of hydrogen-bond donors (Lipinski definition) is 2. The van der Waals surface area contributed by atoms with Crippen LogP contribution in [0.2, 0.25) is 5.02 Å². The monoisotopic (exact) mass is 210 g/mol. The van der Waals surface area contributed by atoms with Crippen LogP contribution in [0.25, 0.3) is 0 Å². The third-order valence-corrected chi connectivity index (χ3v) is 2.48. The number of halogens is 1. The number of benzene rings is 1. The van der Waals surface area contributed by atoms with Crippen LogP contribution in [0.1, 0.15) is 13.8 Å². The molecule has 1 aliphatic rings. The van der Waals surface area contributed by atoms with Crippen LogP contribution in [0.3, 0.4) is 0 Å². The van der Waals surface area contributed by atoms with Crippen molar-refractivity contribution in [3.63, 3.8) is 0 Å². The first-order valence-corrected chi connectivity index (χ1v) is 4.76. The molecule has 0 saturated heterocycles. The number of anilines is 2. The molecule has 0 saturated carbocycles. The average molecular weight is 211 g/mol. The molecule has 74 valence electrons. The first-order valence-electron chi connectivity index (χ1n) is 4.38. The summed E-state index contributed by atoms with van der Waals surface area (Å²) >= 11 is 5.85. The van der Waals surface area contributed by atoms with Crippen LogP contribution in [0.4, 0.5) is 11.4 Å². The number of hydrogen-bond acceptors (Lipinski definition) is 2. The van der Waals surface area contributed by atoms with Crippen LogP contribution in [-0.2, 0) is 4.79 Å². The van der Waals surface area contributed by atoms with E-state index in [0.717, 1.165) is 11.4 Å². The minimum Gasteiger partial charge on any atom is -0.370 e. The minimum absolute atomic E-state index is 0.0349. The highest BCUT2D eigenvalue weighted by atomic mass is 35.5. The van der Waals surface area contributed by atoms with Gasteiger partial charge in [0.2, 0.25) is 5.91 Å². The molecule has 0 aliphatic carbocycles. The molecule has 0 spiro atoms. The van der Waals surface area contributed by atoms with Crippen molar-refractivity contribution < 1.29 is 4.79 Å². The SMILES string of the molecule is CC1(C)Nc2cc(Cl)ccc2NC1=O. The van der Waals surface area contributed by atoms with Crippen molar-refractivity contribution in [3.8, 4) is 0 Å². The third-order valence-electron chi connectivity index (χ3n) is 2.24. The Labute approximate surface area is 87.4 Å². The molecule has 0 unspecified atom stereocenters. The first kappa shape index (κ1) is 9.34. The highest BCUT2D eigenvalue weighted by Gasteiger charge is 2.32. The second-order valence-corrected chi connectivity index (χ2v) is 4.33. The van der Waals surface area contributed by atoms with E-state index in [4.69, 9.17) is 11.6 Å². The smallest absolute Gasteiger partial charge is 0.249 e. The predicted molar refractivity (Wildman–Crippen MR) is 57.8 cm³/mol. The summed E-state index contributed by atoms with van der Waals surface area (Å²) in [6, 6.07) is 5.34. The zero-order valence-electron chi connectivity index (χ0n) is 8.02. The predicted octanol–water partition coefficient (Wildman–Crippen LogP) is 2.48. The molecule has 3 nitrogen and oxygen atoms in total. The molecule has 0 aromatic heterocycles. The molecule has 0 atom stereocenters. The Morgan fingerprint density at radius 1 is 1.29 bits per heavy atom. The van der Waals surface area contributed by atoms with Gasteiger partial charge in [-0.3, -0.25) is 4.79 Å². The van der Waals surface area contributed by atoms with Crippen molar-refractivity contribution >= 4 is 28.9 Å². The van der Waals surface area contributed by atoms with Gasteiger partial charge in [-0.1, -0.05) is 11.6 Å². The van der Waals surface area contributed by atoms with Gasteiger partial charge in [-0.15, -0.1) is 0 Å². The molecule has 14 heavy (non-hydrogen) atoms. The average Bonchev–Trinajstić information content (AvgIpc) is 2.07. The summed E-state index contributed by atoms with van der Waals surface area (Å²) in [4.78, 5) is 11.6. The molecule has 1 aromatic rings. The zero-order chi connectivity index (χ0) is 10.3. The van der Waals surface area contributed by atoms with Crippen molar-refractivity contribution in [2.24, 2.45) is 0 Å².